The Balaban J connectivity index is 2.36. The van der Waals surface area contributed by atoms with Gasteiger partial charge in [-0.25, -0.2) is 0 Å². The van der Waals surface area contributed by atoms with E-state index < -0.39 is 0 Å². The Hall–Kier alpha value is -0.870. The summed E-state index contributed by atoms with van der Waals surface area (Å²) in [4.78, 5) is 2.24. The molecule has 0 spiro atoms. The van der Waals surface area contributed by atoms with Crippen LogP contribution in [0.3, 0.4) is 0 Å². The molecule has 1 aromatic rings. The first-order chi connectivity index (χ1) is 8.13. The summed E-state index contributed by atoms with van der Waals surface area (Å²) in [5.41, 5.74) is 1.32. The smallest absolute Gasteiger partial charge is 0.0492 e. The van der Waals surface area contributed by atoms with Crippen LogP contribution in [-0.2, 0) is 13.5 Å². The first kappa shape index (κ1) is 14.2. The molecule has 17 heavy (non-hydrogen) atoms. The summed E-state index contributed by atoms with van der Waals surface area (Å²) >= 11 is 0. The zero-order valence-corrected chi connectivity index (χ0v) is 11.6. The molecule has 1 heterocycles. The molecule has 0 aliphatic rings. The summed E-state index contributed by atoms with van der Waals surface area (Å²) in [5, 5.41) is 7.77. The first-order valence-electron chi connectivity index (χ1n) is 6.48. The van der Waals surface area contributed by atoms with Crippen LogP contribution in [0, 0.1) is 0 Å². The third kappa shape index (κ3) is 5.33. The molecule has 1 rings (SSSR count). The van der Waals surface area contributed by atoms with Crippen molar-refractivity contribution in [1.29, 1.82) is 0 Å². The summed E-state index contributed by atoms with van der Waals surface area (Å²) < 4.78 is 1.97. The molecule has 4 heteroatoms. The fraction of sp³-hybridized carbons (Fsp3) is 0.769. The van der Waals surface area contributed by atoms with E-state index in [4.69, 9.17) is 0 Å². The highest BCUT2D eigenvalue weighted by molar-refractivity contribution is 5.00. The molecule has 0 aromatic carbocycles. The maximum Gasteiger partial charge on any atom is 0.0492 e. The highest BCUT2D eigenvalue weighted by atomic mass is 15.2. The molecule has 1 atom stereocenters. The van der Waals surface area contributed by atoms with Crippen LogP contribution in [0.2, 0.25) is 0 Å². The second-order valence-electron chi connectivity index (χ2n) is 4.83. The van der Waals surface area contributed by atoms with E-state index in [1.807, 2.05) is 17.9 Å². The third-order valence-corrected chi connectivity index (χ3v) is 3.09. The van der Waals surface area contributed by atoms with Crippen LogP contribution < -0.4 is 5.32 Å². The van der Waals surface area contributed by atoms with E-state index >= 15 is 0 Å². The van der Waals surface area contributed by atoms with E-state index in [2.05, 4.69) is 42.4 Å². The lowest BCUT2D eigenvalue weighted by molar-refractivity contribution is 0.350. The van der Waals surface area contributed by atoms with Crippen LogP contribution in [-0.4, -0.2) is 47.9 Å². The molecule has 4 nitrogen and oxygen atoms in total. The van der Waals surface area contributed by atoms with Gasteiger partial charge in [-0.3, -0.25) is 4.68 Å². The van der Waals surface area contributed by atoms with E-state index in [-0.39, 0.29) is 0 Å². The summed E-state index contributed by atoms with van der Waals surface area (Å²) in [5.74, 6) is 0. The molecule has 0 saturated carbocycles. The van der Waals surface area contributed by atoms with Gasteiger partial charge in [0.15, 0.2) is 0 Å². The van der Waals surface area contributed by atoms with Gasteiger partial charge in [0.05, 0.1) is 0 Å². The number of aromatic nitrogens is 2. The van der Waals surface area contributed by atoms with Crippen molar-refractivity contribution in [2.75, 3.05) is 27.2 Å². The summed E-state index contributed by atoms with van der Waals surface area (Å²) in [7, 11) is 6.27. The number of rotatable bonds is 8. The molecule has 1 unspecified atom stereocenters. The van der Waals surface area contributed by atoms with Crippen molar-refractivity contribution in [3.05, 3.63) is 18.0 Å². The van der Waals surface area contributed by atoms with Crippen LogP contribution in [0.15, 0.2) is 12.3 Å². The van der Waals surface area contributed by atoms with Crippen molar-refractivity contribution in [1.82, 2.24) is 20.0 Å². The largest absolute Gasteiger partial charge is 0.314 e. The van der Waals surface area contributed by atoms with E-state index in [0.29, 0.717) is 6.04 Å². The van der Waals surface area contributed by atoms with Crippen LogP contribution in [0.5, 0.6) is 0 Å². The minimum absolute atomic E-state index is 0.609. The summed E-state index contributed by atoms with van der Waals surface area (Å²) in [6.07, 6.45) is 5.36. The zero-order chi connectivity index (χ0) is 12.7. The zero-order valence-electron chi connectivity index (χ0n) is 11.6. The van der Waals surface area contributed by atoms with Crippen LogP contribution >= 0.6 is 0 Å². The Kier molecular flexibility index (Phi) is 6.22. The second kappa shape index (κ2) is 7.45. The van der Waals surface area contributed by atoms with Crippen LogP contribution in [0.4, 0.5) is 0 Å². The maximum absolute atomic E-state index is 4.20. The van der Waals surface area contributed by atoms with Gasteiger partial charge in [-0.1, -0.05) is 6.92 Å². The molecule has 0 aliphatic carbocycles. The molecule has 0 aliphatic heterocycles. The third-order valence-electron chi connectivity index (χ3n) is 3.09. The van der Waals surface area contributed by atoms with Gasteiger partial charge in [-0.05, 0) is 52.5 Å². The summed E-state index contributed by atoms with van der Waals surface area (Å²) in [6, 6.07) is 2.71. The molecule has 98 valence electrons. The molecule has 1 aromatic heterocycles. The molecule has 0 saturated heterocycles. The molecule has 0 fully saturated rings. The van der Waals surface area contributed by atoms with Gasteiger partial charge in [-0.2, -0.15) is 5.10 Å². The highest BCUT2D eigenvalue weighted by Crippen LogP contribution is 2.06. The van der Waals surface area contributed by atoms with E-state index in [1.165, 1.54) is 18.5 Å². The minimum Gasteiger partial charge on any atom is -0.314 e. The van der Waals surface area contributed by atoms with Crippen molar-refractivity contribution in [3.63, 3.8) is 0 Å². The average molecular weight is 238 g/mol. The number of hydrogen-bond acceptors (Lipinski definition) is 3. The highest BCUT2D eigenvalue weighted by Gasteiger charge is 2.09. The Morgan fingerprint density at radius 2 is 2.18 bits per heavy atom. The van der Waals surface area contributed by atoms with Gasteiger partial charge in [0.25, 0.3) is 0 Å². The quantitative estimate of drug-likeness (QED) is 0.741. The first-order valence-corrected chi connectivity index (χ1v) is 6.48. The second-order valence-corrected chi connectivity index (χ2v) is 4.83. The Morgan fingerprint density at radius 1 is 1.41 bits per heavy atom. The standard InChI is InChI=1S/C13H26N4/c1-5-14-12(9-11-16(2)3)6-7-13-8-10-15-17(13)4/h8,10,12,14H,5-7,9,11H2,1-4H3. The normalized spacial score (nSPS) is 13.2. The average Bonchev–Trinajstić information content (AvgIpc) is 2.68. The Bertz CT molecular complexity index is 306. The van der Waals surface area contributed by atoms with Crippen LogP contribution in [0.1, 0.15) is 25.5 Å². The SMILES string of the molecule is CCNC(CCc1ccnn1C)CCN(C)C. The van der Waals surface area contributed by atoms with Crippen molar-refractivity contribution < 1.29 is 0 Å². The molecule has 1 N–H and O–H groups in total. The van der Waals surface area contributed by atoms with Gasteiger partial charge in [-0.15, -0.1) is 0 Å². The molecular weight excluding hydrogens is 212 g/mol. The van der Waals surface area contributed by atoms with Crippen molar-refractivity contribution >= 4 is 0 Å². The molecule has 0 amide bonds. The van der Waals surface area contributed by atoms with Crippen molar-refractivity contribution in [2.45, 2.75) is 32.2 Å². The van der Waals surface area contributed by atoms with Gasteiger partial charge in [0, 0.05) is 25.0 Å². The van der Waals surface area contributed by atoms with E-state index in [1.54, 1.807) is 0 Å². The number of nitrogens with one attached hydrogen (secondary N) is 1. The lowest BCUT2D eigenvalue weighted by Gasteiger charge is -2.20. The fourth-order valence-corrected chi connectivity index (χ4v) is 2.02. The van der Waals surface area contributed by atoms with Crippen molar-refractivity contribution in [3.8, 4) is 0 Å². The topological polar surface area (TPSA) is 33.1 Å². The summed E-state index contributed by atoms with van der Waals surface area (Å²) in [6.45, 7) is 4.36. The lowest BCUT2D eigenvalue weighted by atomic mass is 10.1. The predicted octanol–water partition coefficient (Wildman–Crippen LogP) is 1.28. The molecular formula is C13H26N4. The number of aryl methyl sites for hydroxylation is 2. The van der Waals surface area contributed by atoms with Gasteiger partial charge >= 0.3 is 0 Å². The predicted molar refractivity (Wildman–Crippen MR) is 72.2 cm³/mol. The lowest BCUT2D eigenvalue weighted by Crippen LogP contribution is -2.32. The fourth-order valence-electron chi connectivity index (χ4n) is 2.02. The monoisotopic (exact) mass is 238 g/mol. The Labute approximate surface area is 105 Å². The Morgan fingerprint density at radius 3 is 2.71 bits per heavy atom. The number of nitrogens with zero attached hydrogens (tertiary/aromatic N) is 3. The van der Waals surface area contributed by atoms with Gasteiger partial charge in [0.1, 0.15) is 0 Å². The van der Waals surface area contributed by atoms with E-state index in [0.717, 1.165) is 19.5 Å². The van der Waals surface area contributed by atoms with E-state index in [9.17, 15) is 0 Å². The van der Waals surface area contributed by atoms with Gasteiger partial charge in [0.2, 0.25) is 0 Å². The van der Waals surface area contributed by atoms with Crippen LogP contribution in [0.25, 0.3) is 0 Å². The van der Waals surface area contributed by atoms with Crippen molar-refractivity contribution in [2.24, 2.45) is 7.05 Å². The molecule has 0 radical (unpaired) electrons. The van der Waals surface area contributed by atoms with Gasteiger partial charge < -0.3 is 10.2 Å². The minimum atomic E-state index is 0.609. The number of hydrogen-bond donors (Lipinski definition) is 1. The molecule has 0 bridgehead atoms. The maximum atomic E-state index is 4.20.